The Morgan fingerprint density at radius 1 is 1.31 bits per heavy atom. The average molecular weight is 365 g/mol. The van der Waals surface area contributed by atoms with Gasteiger partial charge in [0, 0.05) is 40.0 Å². The molecule has 0 aromatic carbocycles. The van der Waals surface area contributed by atoms with E-state index in [1.165, 1.54) is 0 Å². The summed E-state index contributed by atoms with van der Waals surface area (Å²) in [4.78, 5) is 30.9. The van der Waals surface area contributed by atoms with E-state index in [0.717, 1.165) is 34.7 Å². The van der Waals surface area contributed by atoms with Gasteiger partial charge in [-0.15, -0.1) is 11.3 Å². The van der Waals surface area contributed by atoms with E-state index in [1.54, 1.807) is 35.9 Å². The summed E-state index contributed by atoms with van der Waals surface area (Å²) in [6.07, 6.45) is 5.51. The summed E-state index contributed by atoms with van der Waals surface area (Å²) in [6, 6.07) is 7.53. The number of carbonyl (C=O) groups is 2. The molecule has 2 aromatic heterocycles. The lowest BCUT2D eigenvalue weighted by Crippen LogP contribution is -2.35. The second-order valence-corrected chi connectivity index (χ2v) is 7.46. The Bertz CT molecular complexity index is 914. The van der Waals surface area contributed by atoms with Crippen LogP contribution in [0.2, 0.25) is 0 Å². The van der Waals surface area contributed by atoms with Crippen molar-refractivity contribution < 1.29 is 9.59 Å². The van der Waals surface area contributed by atoms with Crippen molar-refractivity contribution in [2.75, 3.05) is 5.32 Å². The number of aromatic nitrogens is 1. The minimum atomic E-state index is -0.310. The zero-order valence-corrected chi connectivity index (χ0v) is 15.2. The summed E-state index contributed by atoms with van der Waals surface area (Å²) in [5, 5.41) is 8.22. The van der Waals surface area contributed by atoms with Crippen LogP contribution >= 0.6 is 11.3 Å². The zero-order valence-electron chi connectivity index (χ0n) is 14.4. The van der Waals surface area contributed by atoms with Crippen LogP contribution in [0, 0.1) is 0 Å². The maximum atomic E-state index is 13.1. The van der Waals surface area contributed by atoms with Crippen molar-refractivity contribution in [3.63, 3.8) is 0 Å². The van der Waals surface area contributed by atoms with E-state index in [0.29, 0.717) is 17.7 Å². The molecule has 0 radical (unpaired) electrons. The van der Waals surface area contributed by atoms with Crippen LogP contribution in [0.5, 0.6) is 0 Å². The van der Waals surface area contributed by atoms with Crippen molar-refractivity contribution in [2.45, 2.75) is 32.1 Å². The van der Waals surface area contributed by atoms with Crippen molar-refractivity contribution in [1.82, 2.24) is 10.3 Å². The van der Waals surface area contributed by atoms with Gasteiger partial charge in [-0.2, -0.15) is 0 Å². The van der Waals surface area contributed by atoms with Crippen LogP contribution < -0.4 is 10.6 Å². The number of hydrogen-bond acceptors (Lipinski definition) is 5. The molecule has 5 nitrogen and oxygen atoms in total. The maximum absolute atomic E-state index is 13.1. The Kier molecular flexibility index (Phi) is 4.42. The molecule has 0 saturated carbocycles. The fourth-order valence-electron chi connectivity index (χ4n) is 3.66. The zero-order chi connectivity index (χ0) is 18.1. The van der Waals surface area contributed by atoms with Crippen LogP contribution in [0.3, 0.4) is 0 Å². The van der Waals surface area contributed by atoms with Crippen LogP contribution in [0.25, 0.3) is 0 Å². The number of carbonyl (C=O) groups excluding carboxylic acids is 2. The molecule has 0 bridgehead atoms. The van der Waals surface area contributed by atoms with E-state index in [9.17, 15) is 9.59 Å². The largest absolute Gasteiger partial charge is 0.362 e. The minimum Gasteiger partial charge on any atom is -0.362 e. The van der Waals surface area contributed by atoms with Gasteiger partial charge < -0.3 is 10.6 Å². The van der Waals surface area contributed by atoms with Crippen LogP contribution in [-0.2, 0) is 9.59 Å². The van der Waals surface area contributed by atoms with Crippen LogP contribution in [0.1, 0.15) is 37.0 Å². The number of rotatable bonds is 3. The lowest BCUT2D eigenvalue weighted by molar-refractivity contribution is -0.116. The Morgan fingerprint density at radius 2 is 2.19 bits per heavy atom. The highest BCUT2D eigenvalue weighted by atomic mass is 32.1. The fourth-order valence-corrected chi connectivity index (χ4v) is 4.50. The quantitative estimate of drug-likeness (QED) is 0.869. The standard InChI is InChI=1S/C20H19N3O2S/c1-12-17(20(25)23-13-5-3-9-21-11-13)19(16-8-4-10-26-16)18-14(22-12)6-2-7-15(18)24/h3-5,8-11,19,22H,2,6-7H2,1H3,(H,23,25)/t19-/m1/s1. The highest BCUT2D eigenvalue weighted by Gasteiger charge is 2.38. The molecular formula is C20H19N3O2S. The number of nitrogens with zero attached hydrogens (tertiary/aromatic N) is 1. The van der Waals surface area contributed by atoms with E-state index < -0.39 is 0 Å². The number of pyridine rings is 1. The number of hydrogen-bond donors (Lipinski definition) is 2. The summed E-state index contributed by atoms with van der Waals surface area (Å²) in [5.74, 6) is -0.377. The molecule has 1 aliphatic heterocycles. The van der Waals surface area contributed by atoms with Gasteiger partial charge in [-0.3, -0.25) is 14.6 Å². The molecule has 0 unspecified atom stereocenters. The summed E-state index contributed by atoms with van der Waals surface area (Å²) in [7, 11) is 0. The van der Waals surface area contributed by atoms with E-state index >= 15 is 0 Å². The molecule has 0 fully saturated rings. The molecule has 4 rings (SSSR count). The topological polar surface area (TPSA) is 71.1 Å². The Labute approximate surface area is 155 Å². The SMILES string of the molecule is CC1=C(C(=O)Nc2cccnc2)[C@@H](c2cccs2)C2=C(CCCC2=O)N1. The van der Waals surface area contributed by atoms with Gasteiger partial charge in [0.1, 0.15) is 0 Å². The number of thiophene rings is 1. The molecule has 1 atom stereocenters. The van der Waals surface area contributed by atoms with E-state index in [-0.39, 0.29) is 17.6 Å². The summed E-state index contributed by atoms with van der Waals surface area (Å²) in [6.45, 7) is 1.90. The maximum Gasteiger partial charge on any atom is 0.254 e. The predicted octanol–water partition coefficient (Wildman–Crippen LogP) is 3.75. The lowest BCUT2D eigenvalue weighted by atomic mass is 9.77. The normalized spacial score (nSPS) is 19.9. The number of allylic oxidation sites excluding steroid dienone is 3. The molecule has 2 aliphatic rings. The highest BCUT2D eigenvalue weighted by molar-refractivity contribution is 7.10. The molecule has 6 heteroatoms. The Morgan fingerprint density at radius 3 is 2.92 bits per heavy atom. The second kappa shape index (κ2) is 6.88. The first-order valence-electron chi connectivity index (χ1n) is 8.64. The molecule has 0 spiro atoms. The van der Waals surface area contributed by atoms with Gasteiger partial charge in [-0.05, 0) is 43.3 Å². The molecule has 1 aliphatic carbocycles. The highest BCUT2D eigenvalue weighted by Crippen LogP contribution is 2.43. The lowest BCUT2D eigenvalue weighted by Gasteiger charge is -2.33. The molecule has 2 N–H and O–H groups in total. The second-order valence-electron chi connectivity index (χ2n) is 6.48. The number of anilines is 1. The van der Waals surface area contributed by atoms with Gasteiger partial charge in [0.15, 0.2) is 5.78 Å². The van der Waals surface area contributed by atoms with Crippen molar-refractivity contribution >= 4 is 28.7 Å². The van der Waals surface area contributed by atoms with Gasteiger partial charge >= 0.3 is 0 Å². The summed E-state index contributed by atoms with van der Waals surface area (Å²) in [5.41, 5.74) is 3.76. The predicted molar refractivity (Wildman–Crippen MR) is 102 cm³/mol. The monoisotopic (exact) mass is 365 g/mol. The number of amides is 1. The van der Waals surface area contributed by atoms with Crippen molar-refractivity contribution in [3.8, 4) is 0 Å². The molecule has 3 heterocycles. The first kappa shape index (κ1) is 16.7. The fraction of sp³-hybridized carbons (Fsp3) is 0.250. The van der Waals surface area contributed by atoms with Crippen molar-refractivity contribution in [1.29, 1.82) is 0 Å². The number of Topliss-reactive ketones (excluding diaryl/α,β-unsaturated/α-hetero) is 1. The first-order chi connectivity index (χ1) is 12.6. The van der Waals surface area contributed by atoms with E-state index in [2.05, 4.69) is 15.6 Å². The molecule has 2 aromatic rings. The molecule has 0 saturated heterocycles. The van der Waals surface area contributed by atoms with E-state index in [1.807, 2.05) is 24.4 Å². The number of ketones is 1. The van der Waals surface area contributed by atoms with Crippen molar-refractivity contribution in [3.05, 3.63) is 69.5 Å². The average Bonchev–Trinajstić information content (AvgIpc) is 3.16. The van der Waals surface area contributed by atoms with Crippen molar-refractivity contribution in [2.24, 2.45) is 0 Å². The number of nitrogens with one attached hydrogen (secondary N) is 2. The van der Waals surface area contributed by atoms with Crippen LogP contribution in [0.4, 0.5) is 5.69 Å². The van der Waals surface area contributed by atoms with E-state index in [4.69, 9.17) is 0 Å². The van der Waals surface area contributed by atoms with Crippen LogP contribution in [0.15, 0.2) is 64.6 Å². The van der Waals surface area contributed by atoms with Gasteiger partial charge in [0.05, 0.1) is 17.8 Å². The van der Waals surface area contributed by atoms with Crippen LogP contribution in [-0.4, -0.2) is 16.7 Å². The minimum absolute atomic E-state index is 0.135. The summed E-state index contributed by atoms with van der Waals surface area (Å²) >= 11 is 1.58. The molecule has 132 valence electrons. The summed E-state index contributed by atoms with van der Waals surface area (Å²) < 4.78 is 0. The Hall–Kier alpha value is -2.73. The van der Waals surface area contributed by atoms with Gasteiger partial charge in [-0.1, -0.05) is 6.07 Å². The smallest absolute Gasteiger partial charge is 0.254 e. The van der Waals surface area contributed by atoms with Gasteiger partial charge in [0.25, 0.3) is 5.91 Å². The molecule has 1 amide bonds. The first-order valence-corrected chi connectivity index (χ1v) is 9.52. The Balaban J connectivity index is 1.76. The van der Waals surface area contributed by atoms with Gasteiger partial charge in [-0.25, -0.2) is 0 Å². The molecule has 26 heavy (non-hydrogen) atoms. The van der Waals surface area contributed by atoms with Gasteiger partial charge in [0.2, 0.25) is 0 Å². The third-order valence-corrected chi connectivity index (χ3v) is 5.70. The third kappa shape index (κ3) is 2.97. The number of dihydropyridines is 1. The third-order valence-electron chi connectivity index (χ3n) is 4.77. The molecular weight excluding hydrogens is 346 g/mol.